The molecule has 0 aromatic carbocycles. The SMILES string of the molecule is CCNc1nc(NCC)nc(N/N=C/c2csc(C)n2)n1. The molecule has 3 N–H and O–H groups in total. The number of aryl methyl sites for hydroxylation is 1. The molecule has 0 aliphatic rings. The summed E-state index contributed by atoms with van der Waals surface area (Å²) in [5.74, 6) is 1.39. The third-order valence-electron chi connectivity index (χ3n) is 2.30. The average Bonchev–Trinajstić information content (AvgIpc) is 2.85. The lowest BCUT2D eigenvalue weighted by atomic mass is 10.5. The van der Waals surface area contributed by atoms with Gasteiger partial charge in [-0.05, 0) is 20.8 Å². The molecule has 0 fully saturated rings. The van der Waals surface area contributed by atoms with Gasteiger partial charge in [0.1, 0.15) is 0 Å². The van der Waals surface area contributed by atoms with E-state index in [-0.39, 0.29) is 0 Å². The first-order valence-electron chi connectivity index (χ1n) is 6.66. The fourth-order valence-electron chi connectivity index (χ4n) is 1.50. The zero-order chi connectivity index (χ0) is 15.1. The molecule has 2 aromatic heterocycles. The highest BCUT2D eigenvalue weighted by Crippen LogP contribution is 2.09. The van der Waals surface area contributed by atoms with Crippen LogP contribution in [0.15, 0.2) is 10.5 Å². The van der Waals surface area contributed by atoms with Crippen molar-refractivity contribution in [3.63, 3.8) is 0 Å². The summed E-state index contributed by atoms with van der Waals surface area (Å²) < 4.78 is 0. The molecule has 21 heavy (non-hydrogen) atoms. The van der Waals surface area contributed by atoms with Crippen LogP contribution >= 0.6 is 11.3 Å². The third kappa shape index (κ3) is 4.63. The number of hydrazone groups is 1. The Morgan fingerprint density at radius 3 is 2.19 bits per heavy atom. The monoisotopic (exact) mass is 306 g/mol. The first-order valence-corrected chi connectivity index (χ1v) is 7.54. The van der Waals surface area contributed by atoms with Crippen molar-refractivity contribution < 1.29 is 0 Å². The molecule has 0 aliphatic heterocycles. The van der Waals surface area contributed by atoms with Crippen molar-refractivity contribution in [2.75, 3.05) is 29.1 Å². The van der Waals surface area contributed by atoms with Crippen LogP contribution in [0.2, 0.25) is 0 Å². The van der Waals surface area contributed by atoms with Gasteiger partial charge in [0.15, 0.2) is 0 Å². The van der Waals surface area contributed by atoms with E-state index in [1.165, 1.54) is 0 Å². The highest BCUT2D eigenvalue weighted by atomic mass is 32.1. The normalized spacial score (nSPS) is 10.8. The minimum Gasteiger partial charge on any atom is -0.354 e. The summed E-state index contributed by atoms with van der Waals surface area (Å²) in [5, 5.41) is 13.1. The second kappa shape index (κ2) is 7.48. The molecule has 0 aliphatic carbocycles. The van der Waals surface area contributed by atoms with Gasteiger partial charge in [0.25, 0.3) is 0 Å². The van der Waals surface area contributed by atoms with Crippen molar-refractivity contribution in [2.45, 2.75) is 20.8 Å². The first-order chi connectivity index (χ1) is 10.2. The summed E-state index contributed by atoms with van der Waals surface area (Å²) in [6.07, 6.45) is 1.63. The molecule has 2 aromatic rings. The lowest BCUT2D eigenvalue weighted by Gasteiger charge is -2.07. The summed E-state index contributed by atoms with van der Waals surface area (Å²) in [6.45, 7) is 7.37. The van der Waals surface area contributed by atoms with Gasteiger partial charge in [-0.2, -0.15) is 20.1 Å². The number of anilines is 3. The van der Waals surface area contributed by atoms with E-state index in [1.54, 1.807) is 17.6 Å². The van der Waals surface area contributed by atoms with Gasteiger partial charge in [0.2, 0.25) is 17.8 Å². The summed E-state index contributed by atoms with van der Waals surface area (Å²) in [6, 6.07) is 0. The van der Waals surface area contributed by atoms with Gasteiger partial charge in [0.05, 0.1) is 16.9 Å². The second-order valence-corrected chi connectivity index (χ2v) is 5.09. The van der Waals surface area contributed by atoms with Gasteiger partial charge in [-0.3, -0.25) is 0 Å². The Kier molecular flexibility index (Phi) is 5.38. The zero-order valence-corrected chi connectivity index (χ0v) is 13.0. The van der Waals surface area contributed by atoms with Crippen LogP contribution in [0.3, 0.4) is 0 Å². The number of rotatable bonds is 7. The molecule has 0 spiro atoms. The molecule has 0 bridgehead atoms. The van der Waals surface area contributed by atoms with Crippen LogP contribution in [-0.2, 0) is 0 Å². The molecule has 8 nitrogen and oxygen atoms in total. The lowest BCUT2D eigenvalue weighted by molar-refractivity contribution is 0.992. The summed E-state index contributed by atoms with van der Waals surface area (Å²) in [5.41, 5.74) is 3.60. The molecule has 0 unspecified atom stereocenters. The summed E-state index contributed by atoms with van der Waals surface area (Å²) >= 11 is 1.58. The predicted molar refractivity (Wildman–Crippen MR) is 86.2 cm³/mol. The highest BCUT2D eigenvalue weighted by molar-refractivity contribution is 7.09. The van der Waals surface area contributed by atoms with E-state index < -0.39 is 0 Å². The van der Waals surface area contributed by atoms with E-state index in [2.05, 4.69) is 41.1 Å². The van der Waals surface area contributed by atoms with E-state index in [4.69, 9.17) is 0 Å². The molecule has 0 saturated heterocycles. The van der Waals surface area contributed by atoms with Crippen LogP contribution < -0.4 is 16.1 Å². The maximum absolute atomic E-state index is 4.29. The molecule has 0 saturated carbocycles. The number of aromatic nitrogens is 4. The number of hydrogen-bond acceptors (Lipinski definition) is 9. The van der Waals surface area contributed by atoms with Gasteiger partial charge in [0, 0.05) is 18.5 Å². The number of nitrogens with zero attached hydrogens (tertiary/aromatic N) is 5. The van der Waals surface area contributed by atoms with Crippen molar-refractivity contribution >= 4 is 35.4 Å². The Hall–Kier alpha value is -2.29. The first kappa shape index (κ1) is 15.1. The van der Waals surface area contributed by atoms with Crippen molar-refractivity contribution in [2.24, 2.45) is 5.10 Å². The van der Waals surface area contributed by atoms with E-state index in [9.17, 15) is 0 Å². The van der Waals surface area contributed by atoms with Crippen LogP contribution in [0.4, 0.5) is 17.8 Å². The Balaban J connectivity index is 2.08. The average molecular weight is 306 g/mol. The van der Waals surface area contributed by atoms with E-state index in [0.717, 1.165) is 23.8 Å². The molecule has 0 amide bonds. The van der Waals surface area contributed by atoms with Crippen LogP contribution in [0, 0.1) is 6.92 Å². The molecule has 2 heterocycles. The number of nitrogens with one attached hydrogen (secondary N) is 3. The van der Waals surface area contributed by atoms with Crippen molar-refractivity contribution in [3.8, 4) is 0 Å². The molecular weight excluding hydrogens is 288 g/mol. The lowest BCUT2D eigenvalue weighted by Crippen LogP contribution is -2.10. The summed E-state index contributed by atoms with van der Waals surface area (Å²) in [7, 11) is 0. The van der Waals surface area contributed by atoms with Crippen LogP contribution in [0.5, 0.6) is 0 Å². The molecule has 0 atom stereocenters. The molecule has 9 heteroatoms. The minimum atomic E-state index is 0.375. The van der Waals surface area contributed by atoms with Crippen LogP contribution in [-0.4, -0.2) is 39.2 Å². The fourth-order valence-corrected chi connectivity index (χ4v) is 2.06. The standard InChI is InChI=1S/C12H18N8S/c1-4-13-10-17-11(14-5-2)19-12(18-10)20-15-6-9-7-21-8(3)16-9/h6-7H,4-5H2,1-3H3,(H3,13,14,17,18,19,20)/b15-6+. The Bertz CT molecular complexity index is 585. The Labute approximate surface area is 127 Å². The largest absolute Gasteiger partial charge is 0.354 e. The van der Waals surface area contributed by atoms with Gasteiger partial charge in [-0.1, -0.05) is 0 Å². The predicted octanol–water partition coefficient (Wildman–Crippen LogP) is 1.95. The Morgan fingerprint density at radius 1 is 1.05 bits per heavy atom. The van der Waals surface area contributed by atoms with E-state index in [1.807, 2.05) is 26.2 Å². The fraction of sp³-hybridized carbons (Fsp3) is 0.417. The van der Waals surface area contributed by atoms with Crippen LogP contribution in [0.1, 0.15) is 24.5 Å². The number of thiazole rings is 1. The van der Waals surface area contributed by atoms with Crippen molar-refractivity contribution in [3.05, 3.63) is 16.1 Å². The Morgan fingerprint density at radius 2 is 1.67 bits per heavy atom. The van der Waals surface area contributed by atoms with Crippen molar-refractivity contribution in [1.29, 1.82) is 0 Å². The highest BCUT2D eigenvalue weighted by Gasteiger charge is 2.04. The van der Waals surface area contributed by atoms with Gasteiger partial charge in [-0.15, -0.1) is 11.3 Å². The minimum absolute atomic E-state index is 0.375. The third-order valence-corrected chi connectivity index (χ3v) is 3.10. The van der Waals surface area contributed by atoms with Crippen LogP contribution in [0.25, 0.3) is 0 Å². The molecule has 2 rings (SSSR count). The maximum atomic E-state index is 4.29. The maximum Gasteiger partial charge on any atom is 0.250 e. The topological polar surface area (TPSA) is 100 Å². The number of hydrogen-bond donors (Lipinski definition) is 3. The molecule has 0 radical (unpaired) electrons. The van der Waals surface area contributed by atoms with Gasteiger partial charge in [-0.25, -0.2) is 10.4 Å². The quantitative estimate of drug-likeness (QED) is 0.531. The van der Waals surface area contributed by atoms with E-state index >= 15 is 0 Å². The zero-order valence-electron chi connectivity index (χ0n) is 12.2. The molecular formula is C12H18N8S. The van der Waals surface area contributed by atoms with Gasteiger partial charge < -0.3 is 10.6 Å². The smallest absolute Gasteiger partial charge is 0.250 e. The van der Waals surface area contributed by atoms with E-state index in [0.29, 0.717) is 17.8 Å². The molecule has 112 valence electrons. The second-order valence-electron chi connectivity index (χ2n) is 4.03. The van der Waals surface area contributed by atoms with Crippen molar-refractivity contribution in [1.82, 2.24) is 19.9 Å². The summed E-state index contributed by atoms with van der Waals surface area (Å²) in [4.78, 5) is 17.0. The van der Waals surface area contributed by atoms with Gasteiger partial charge >= 0.3 is 0 Å².